The van der Waals surface area contributed by atoms with Gasteiger partial charge in [0.25, 0.3) is 5.56 Å². The average molecular weight is 483 g/mol. The standard InChI is InChI=1S/C20H14BrF3N2O4/c1-10-14(18(28)29)15-11(9-26(2)17(27)16(15)25-10)6-7-19(30,20(22,23)24)12-4-3-5-13(21)8-12/h3-5,8-9,25,30H,1-2H3,(H,28,29). The van der Waals surface area contributed by atoms with Gasteiger partial charge in [-0.25, -0.2) is 4.79 Å². The minimum absolute atomic E-state index is 0.0998. The molecular weight excluding hydrogens is 469 g/mol. The summed E-state index contributed by atoms with van der Waals surface area (Å²) in [5, 5.41) is 19.8. The van der Waals surface area contributed by atoms with Gasteiger partial charge in [-0.2, -0.15) is 13.2 Å². The zero-order valence-electron chi connectivity index (χ0n) is 15.6. The second kappa shape index (κ2) is 7.34. The minimum atomic E-state index is -5.15. The quantitative estimate of drug-likeness (QED) is 0.487. The molecule has 0 aliphatic carbocycles. The molecule has 3 rings (SSSR count). The molecule has 0 fully saturated rings. The van der Waals surface area contributed by atoms with Gasteiger partial charge in [0.1, 0.15) is 5.52 Å². The molecule has 10 heteroatoms. The minimum Gasteiger partial charge on any atom is -0.478 e. The molecule has 3 aromatic rings. The van der Waals surface area contributed by atoms with Gasteiger partial charge in [0.15, 0.2) is 0 Å². The van der Waals surface area contributed by atoms with Gasteiger partial charge in [0.05, 0.1) is 11.1 Å². The predicted octanol–water partition coefficient (Wildman–Crippen LogP) is 3.44. The number of pyridine rings is 1. The van der Waals surface area contributed by atoms with Gasteiger partial charge < -0.3 is 19.8 Å². The highest BCUT2D eigenvalue weighted by Crippen LogP contribution is 2.39. The molecule has 0 bridgehead atoms. The zero-order valence-corrected chi connectivity index (χ0v) is 17.1. The number of hydrogen-bond acceptors (Lipinski definition) is 3. The number of hydrogen-bond donors (Lipinski definition) is 3. The molecule has 1 aromatic carbocycles. The first-order chi connectivity index (χ1) is 13.9. The fraction of sp³-hybridized carbons (Fsp3) is 0.200. The van der Waals surface area contributed by atoms with Gasteiger partial charge in [-0.15, -0.1) is 0 Å². The third kappa shape index (κ3) is 3.51. The Morgan fingerprint density at radius 1 is 1.30 bits per heavy atom. The Balaban J connectivity index is 2.34. The molecule has 0 spiro atoms. The van der Waals surface area contributed by atoms with Crippen LogP contribution >= 0.6 is 15.9 Å². The topological polar surface area (TPSA) is 95.3 Å². The Morgan fingerprint density at radius 3 is 2.53 bits per heavy atom. The molecule has 0 radical (unpaired) electrons. The van der Waals surface area contributed by atoms with Crippen LogP contribution in [0.25, 0.3) is 10.9 Å². The van der Waals surface area contributed by atoms with Gasteiger partial charge >= 0.3 is 12.1 Å². The number of halogens is 4. The second-order valence-electron chi connectivity index (χ2n) is 6.61. The van der Waals surface area contributed by atoms with Crippen molar-refractivity contribution >= 4 is 32.8 Å². The monoisotopic (exact) mass is 482 g/mol. The van der Waals surface area contributed by atoms with Crippen molar-refractivity contribution < 1.29 is 28.2 Å². The van der Waals surface area contributed by atoms with E-state index in [-0.39, 0.29) is 27.7 Å². The first kappa shape index (κ1) is 21.7. The number of carboxylic acid groups (broad SMARTS) is 1. The van der Waals surface area contributed by atoms with E-state index in [9.17, 15) is 33.0 Å². The van der Waals surface area contributed by atoms with Crippen molar-refractivity contribution in [2.45, 2.75) is 18.7 Å². The lowest BCUT2D eigenvalue weighted by atomic mass is 9.93. The SMILES string of the molecule is Cc1[nH]c2c(=O)n(C)cc(C#CC(O)(c3cccc(Br)c3)C(F)(F)F)c2c1C(=O)O. The number of aryl methyl sites for hydroxylation is 2. The van der Waals surface area contributed by atoms with Crippen molar-refractivity contribution in [3.63, 3.8) is 0 Å². The number of benzene rings is 1. The number of H-pyrrole nitrogens is 1. The molecule has 2 heterocycles. The Bertz CT molecular complexity index is 1300. The number of rotatable bonds is 2. The van der Waals surface area contributed by atoms with Crippen LogP contribution in [-0.4, -0.2) is 31.9 Å². The molecular formula is C20H14BrF3N2O4. The van der Waals surface area contributed by atoms with Crippen molar-refractivity contribution in [2.24, 2.45) is 7.05 Å². The summed E-state index contributed by atoms with van der Waals surface area (Å²) in [6.07, 6.45) is -4.01. The van der Waals surface area contributed by atoms with Gasteiger partial charge in [0, 0.05) is 34.4 Å². The van der Waals surface area contributed by atoms with Crippen LogP contribution in [0.4, 0.5) is 13.2 Å². The smallest absolute Gasteiger partial charge is 0.433 e. The van der Waals surface area contributed by atoms with Crippen LogP contribution in [-0.2, 0) is 12.6 Å². The van der Waals surface area contributed by atoms with E-state index in [0.29, 0.717) is 4.47 Å². The predicted molar refractivity (Wildman–Crippen MR) is 106 cm³/mol. The molecule has 0 amide bonds. The third-order valence-electron chi connectivity index (χ3n) is 4.56. The number of fused-ring (bicyclic) bond motifs is 1. The van der Waals surface area contributed by atoms with Crippen molar-refractivity contribution in [2.75, 3.05) is 0 Å². The molecule has 0 saturated heterocycles. The van der Waals surface area contributed by atoms with Crippen molar-refractivity contribution in [3.8, 4) is 11.8 Å². The van der Waals surface area contributed by atoms with Crippen molar-refractivity contribution in [1.29, 1.82) is 0 Å². The number of aromatic amines is 1. The molecule has 1 unspecified atom stereocenters. The lowest BCUT2D eigenvalue weighted by Crippen LogP contribution is -2.41. The van der Waals surface area contributed by atoms with Gasteiger partial charge in [-0.05, 0) is 25.0 Å². The summed E-state index contributed by atoms with van der Waals surface area (Å²) in [6, 6.07) is 4.97. The summed E-state index contributed by atoms with van der Waals surface area (Å²) in [5.41, 5.74) is -4.96. The summed E-state index contributed by atoms with van der Waals surface area (Å²) in [6.45, 7) is 1.42. The van der Waals surface area contributed by atoms with Crippen LogP contribution in [0.1, 0.15) is 27.2 Å². The fourth-order valence-corrected chi connectivity index (χ4v) is 3.49. The second-order valence-corrected chi connectivity index (χ2v) is 7.52. The first-order valence-corrected chi connectivity index (χ1v) is 9.19. The molecule has 6 nitrogen and oxygen atoms in total. The van der Waals surface area contributed by atoms with Crippen molar-refractivity contribution in [1.82, 2.24) is 9.55 Å². The number of carbonyl (C=O) groups is 1. The molecule has 30 heavy (non-hydrogen) atoms. The Hall–Kier alpha value is -3.03. The molecule has 0 aliphatic heterocycles. The lowest BCUT2D eigenvalue weighted by Gasteiger charge is -2.25. The highest BCUT2D eigenvalue weighted by molar-refractivity contribution is 9.10. The number of carboxylic acids is 1. The molecule has 0 saturated carbocycles. The molecule has 1 atom stereocenters. The normalized spacial score (nSPS) is 13.6. The summed E-state index contributed by atoms with van der Waals surface area (Å²) in [5.74, 6) is 2.73. The number of aliphatic hydroxyl groups is 1. The lowest BCUT2D eigenvalue weighted by molar-refractivity contribution is -0.240. The fourth-order valence-electron chi connectivity index (χ4n) is 3.09. The van der Waals surface area contributed by atoms with Crippen molar-refractivity contribution in [3.05, 3.63) is 67.7 Å². The van der Waals surface area contributed by atoms with E-state index in [0.717, 1.165) is 22.9 Å². The number of nitrogens with zero attached hydrogens (tertiary/aromatic N) is 1. The van der Waals surface area contributed by atoms with Gasteiger partial charge in [0.2, 0.25) is 5.60 Å². The number of alkyl halides is 3. The molecule has 3 N–H and O–H groups in total. The summed E-state index contributed by atoms with van der Waals surface area (Å²) in [7, 11) is 1.35. The average Bonchev–Trinajstić information content (AvgIpc) is 3.00. The Morgan fingerprint density at radius 2 is 1.97 bits per heavy atom. The zero-order chi connectivity index (χ0) is 22.4. The van der Waals surface area contributed by atoms with E-state index in [1.165, 1.54) is 26.1 Å². The van der Waals surface area contributed by atoms with E-state index in [2.05, 4.69) is 26.8 Å². The van der Waals surface area contributed by atoms with E-state index in [1.807, 2.05) is 5.92 Å². The van der Waals surface area contributed by atoms with Crippen LogP contribution < -0.4 is 5.56 Å². The molecule has 0 aliphatic rings. The Labute approximate surface area is 176 Å². The number of nitrogens with one attached hydrogen (secondary N) is 1. The van der Waals surface area contributed by atoms with E-state index < -0.39 is 28.9 Å². The number of aromatic nitrogens is 2. The van der Waals surface area contributed by atoms with Gasteiger partial charge in [-0.1, -0.05) is 34.0 Å². The molecule has 2 aromatic heterocycles. The number of aromatic carboxylic acids is 1. The maximum Gasteiger partial charge on any atom is 0.433 e. The Kier molecular flexibility index (Phi) is 5.30. The maximum absolute atomic E-state index is 13.8. The highest BCUT2D eigenvalue weighted by atomic mass is 79.9. The third-order valence-corrected chi connectivity index (χ3v) is 5.05. The van der Waals surface area contributed by atoms with E-state index in [4.69, 9.17) is 0 Å². The molecule has 156 valence electrons. The summed E-state index contributed by atoms with van der Waals surface area (Å²) in [4.78, 5) is 26.6. The van der Waals surface area contributed by atoms with Crippen LogP contribution in [0.15, 0.2) is 39.7 Å². The van der Waals surface area contributed by atoms with Crippen LogP contribution in [0.5, 0.6) is 0 Å². The van der Waals surface area contributed by atoms with Crippen LogP contribution in [0.2, 0.25) is 0 Å². The highest BCUT2D eigenvalue weighted by Gasteiger charge is 2.54. The first-order valence-electron chi connectivity index (χ1n) is 8.40. The van der Waals surface area contributed by atoms with Crippen LogP contribution in [0.3, 0.4) is 0 Å². The van der Waals surface area contributed by atoms with Gasteiger partial charge in [-0.3, -0.25) is 4.79 Å². The largest absolute Gasteiger partial charge is 0.478 e. The maximum atomic E-state index is 13.8. The van der Waals surface area contributed by atoms with Crippen LogP contribution in [0, 0.1) is 18.8 Å². The van der Waals surface area contributed by atoms with E-state index >= 15 is 0 Å². The summed E-state index contributed by atoms with van der Waals surface area (Å²) >= 11 is 3.06. The van der Waals surface area contributed by atoms with E-state index in [1.54, 1.807) is 0 Å². The summed E-state index contributed by atoms with van der Waals surface area (Å²) < 4.78 is 42.7.